The van der Waals surface area contributed by atoms with Crippen LogP contribution in [0.4, 0.5) is 5.82 Å². The molecule has 5 atom stereocenters. The number of carbonyl (C=O) groups excluding carboxylic acids is 3. The molecule has 14 nitrogen and oxygen atoms in total. The molecule has 0 aromatic carbocycles. The van der Waals surface area contributed by atoms with Gasteiger partial charge in [0.1, 0.15) is 24.1 Å². The van der Waals surface area contributed by atoms with Crippen LogP contribution in [-0.2, 0) is 28.6 Å². The SMILES string of the molecule is CC(=O)OC(C)(C)C(=O)C(O)[C@H]1O[C@@H](n2cnc3c(N)ncnc32)[C@@](O)(OC(C)=O)[C@@]1(O)Br. The first kappa shape index (κ1) is 24.9. The Kier molecular flexibility index (Phi) is 6.23. The van der Waals surface area contributed by atoms with Crippen LogP contribution in [0.2, 0.25) is 0 Å². The number of Topliss-reactive ketones (excluding diaryl/α,β-unsaturated/α-hetero) is 1. The van der Waals surface area contributed by atoms with E-state index in [4.69, 9.17) is 19.9 Å². The quantitative estimate of drug-likeness (QED) is 0.198. The zero-order chi connectivity index (χ0) is 24.9. The Balaban J connectivity index is 2.10. The monoisotopic (exact) mass is 531 g/mol. The van der Waals surface area contributed by atoms with Gasteiger partial charge in [0.15, 0.2) is 17.1 Å². The molecule has 180 valence electrons. The number of ketones is 1. The standard InChI is InChI=1S/C18H22BrN5O9/c1-7(25)32-16(3,4)11(28)10(27)12-17(19,29)18(30,33-8(2)26)15(31-12)24-6-23-9-13(20)21-5-22-14(9)24/h5-6,10,12,15,27,29-30H,1-4H3,(H2,20,21,22)/t10?,12-,15-,17-,18-/m1/s1. The maximum Gasteiger partial charge on any atom is 0.305 e. The van der Waals surface area contributed by atoms with Crippen LogP contribution in [0.1, 0.15) is 33.9 Å². The largest absolute Gasteiger partial charge is 0.452 e. The van der Waals surface area contributed by atoms with Gasteiger partial charge in [0.05, 0.1) is 6.33 Å². The van der Waals surface area contributed by atoms with Crippen LogP contribution in [0.15, 0.2) is 12.7 Å². The van der Waals surface area contributed by atoms with Crippen molar-refractivity contribution >= 4 is 50.6 Å². The van der Waals surface area contributed by atoms with Gasteiger partial charge in [-0.05, 0) is 29.8 Å². The predicted molar refractivity (Wildman–Crippen MR) is 111 cm³/mol. The number of carbonyl (C=O) groups is 3. The fourth-order valence-electron chi connectivity index (χ4n) is 3.52. The number of esters is 2. The molecular formula is C18H22BrN5O9. The summed E-state index contributed by atoms with van der Waals surface area (Å²) >= 11 is 2.84. The lowest BCUT2D eigenvalue weighted by molar-refractivity contribution is -0.270. The second kappa shape index (κ2) is 8.25. The number of halogens is 1. The minimum absolute atomic E-state index is 0.00299. The Hall–Kier alpha value is -2.72. The first-order valence-corrected chi connectivity index (χ1v) is 10.3. The number of hydrogen-bond donors (Lipinski definition) is 4. The minimum atomic E-state index is -2.90. The molecule has 1 aliphatic heterocycles. The lowest BCUT2D eigenvalue weighted by Crippen LogP contribution is -2.60. The Bertz CT molecular complexity index is 1120. The summed E-state index contributed by atoms with van der Waals surface area (Å²) in [5, 5.41) is 33.2. The number of aromatic nitrogens is 4. The zero-order valence-corrected chi connectivity index (χ0v) is 19.5. The molecular weight excluding hydrogens is 510 g/mol. The number of nitrogens with zero attached hydrogens (tertiary/aromatic N) is 4. The number of nitrogens with two attached hydrogens (primary N) is 1. The molecule has 0 aliphatic carbocycles. The Morgan fingerprint density at radius 2 is 1.88 bits per heavy atom. The van der Waals surface area contributed by atoms with Crippen molar-refractivity contribution in [1.29, 1.82) is 0 Å². The van der Waals surface area contributed by atoms with Gasteiger partial charge in [0.2, 0.25) is 16.5 Å². The van der Waals surface area contributed by atoms with Crippen molar-refractivity contribution in [2.75, 3.05) is 5.73 Å². The summed E-state index contributed by atoms with van der Waals surface area (Å²) in [5.41, 5.74) is 4.09. The molecule has 0 saturated carbocycles. The number of nitrogen functional groups attached to an aromatic ring is 1. The summed E-state index contributed by atoms with van der Waals surface area (Å²) in [6, 6.07) is 0. The molecule has 15 heteroatoms. The lowest BCUT2D eigenvalue weighted by Gasteiger charge is -2.36. The molecule has 3 heterocycles. The van der Waals surface area contributed by atoms with Crippen LogP contribution >= 0.6 is 15.9 Å². The molecule has 1 aliphatic rings. The van der Waals surface area contributed by atoms with E-state index < -0.39 is 52.1 Å². The molecule has 1 fully saturated rings. The summed E-state index contributed by atoms with van der Waals surface area (Å²) in [7, 11) is 0. The minimum Gasteiger partial charge on any atom is -0.452 e. The summed E-state index contributed by atoms with van der Waals surface area (Å²) in [4.78, 5) is 47.8. The van der Waals surface area contributed by atoms with Crippen LogP contribution in [0.5, 0.6) is 0 Å². The number of alkyl halides is 1. The normalized spacial score (nSPS) is 28.5. The van der Waals surface area contributed by atoms with Crippen LogP contribution in [-0.4, -0.2) is 80.7 Å². The van der Waals surface area contributed by atoms with Crippen LogP contribution in [0, 0.1) is 0 Å². The van der Waals surface area contributed by atoms with Gasteiger partial charge in [-0.2, -0.15) is 0 Å². The van der Waals surface area contributed by atoms with Crippen molar-refractivity contribution in [3.63, 3.8) is 0 Å². The summed E-state index contributed by atoms with van der Waals surface area (Å²) < 4.78 is 13.9. The Morgan fingerprint density at radius 3 is 2.45 bits per heavy atom. The molecule has 0 radical (unpaired) electrons. The molecule has 5 N–H and O–H groups in total. The van der Waals surface area contributed by atoms with Gasteiger partial charge in [-0.25, -0.2) is 15.0 Å². The molecule has 1 unspecified atom stereocenters. The third kappa shape index (κ3) is 4.06. The van der Waals surface area contributed by atoms with Gasteiger partial charge in [-0.3, -0.25) is 19.0 Å². The van der Waals surface area contributed by atoms with E-state index in [1.165, 1.54) is 13.8 Å². The topological polar surface area (TPSA) is 209 Å². The van der Waals surface area contributed by atoms with E-state index >= 15 is 0 Å². The van der Waals surface area contributed by atoms with Crippen molar-refractivity contribution in [1.82, 2.24) is 19.5 Å². The second-order valence-electron chi connectivity index (χ2n) is 7.87. The van der Waals surface area contributed by atoms with Crippen molar-refractivity contribution in [2.45, 2.75) is 62.0 Å². The van der Waals surface area contributed by atoms with E-state index in [2.05, 4.69) is 30.9 Å². The molecule has 1 saturated heterocycles. The number of aliphatic hydroxyl groups is 3. The Morgan fingerprint density at radius 1 is 1.24 bits per heavy atom. The fourth-order valence-corrected chi connectivity index (χ4v) is 4.16. The number of ether oxygens (including phenoxy) is 3. The highest BCUT2D eigenvalue weighted by atomic mass is 79.9. The van der Waals surface area contributed by atoms with Gasteiger partial charge in [0.25, 0.3) is 5.79 Å². The molecule has 0 bridgehead atoms. The highest BCUT2D eigenvalue weighted by molar-refractivity contribution is 9.10. The predicted octanol–water partition coefficient (Wildman–Crippen LogP) is -1.09. The van der Waals surface area contributed by atoms with Crippen molar-refractivity contribution in [3.8, 4) is 0 Å². The number of rotatable bonds is 6. The van der Waals surface area contributed by atoms with Crippen LogP contribution in [0.25, 0.3) is 11.2 Å². The number of aliphatic hydroxyl groups excluding tert-OH is 1. The van der Waals surface area contributed by atoms with Crippen molar-refractivity contribution in [2.24, 2.45) is 0 Å². The highest BCUT2D eigenvalue weighted by Crippen LogP contribution is 2.52. The van der Waals surface area contributed by atoms with E-state index in [0.717, 1.165) is 31.1 Å². The van der Waals surface area contributed by atoms with Crippen LogP contribution in [0.3, 0.4) is 0 Å². The van der Waals surface area contributed by atoms with Crippen molar-refractivity contribution in [3.05, 3.63) is 12.7 Å². The first-order chi connectivity index (χ1) is 15.1. The third-order valence-corrected chi connectivity index (χ3v) is 6.00. The molecule has 0 amide bonds. The van der Waals surface area contributed by atoms with E-state index in [1.807, 2.05) is 0 Å². The van der Waals surface area contributed by atoms with E-state index in [-0.39, 0.29) is 17.0 Å². The zero-order valence-electron chi connectivity index (χ0n) is 17.9. The molecule has 3 rings (SSSR count). The molecule has 2 aromatic heterocycles. The molecule has 2 aromatic rings. The number of fused-ring (bicyclic) bond motifs is 1. The summed E-state index contributed by atoms with van der Waals surface area (Å²) in [6.07, 6.45) is -3.63. The van der Waals surface area contributed by atoms with E-state index in [0.29, 0.717) is 0 Å². The molecule has 0 spiro atoms. The summed E-state index contributed by atoms with van der Waals surface area (Å²) in [6.45, 7) is 4.48. The number of hydrogen-bond acceptors (Lipinski definition) is 13. The molecule has 33 heavy (non-hydrogen) atoms. The maximum atomic E-state index is 12.9. The number of anilines is 1. The average molecular weight is 532 g/mol. The summed E-state index contributed by atoms with van der Waals surface area (Å²) in [5.74, 6) is -5.78. The lowest BCUT2D eigenvalue weighted by atomic mass is 9.92. The van der Waals surface area contributed by atoms with Gasteiger partial charge in [-0.1, -0.05) is 0 Å². The first-order valence-electron chi connectivity index (χ1n) is 9.47. The van der Waals surface area contributed by atoms with Crippen molar-refractivity contribution < 1.29 is 43.9 Å². The van der Waals surface area contributed by atoms with E-state index in [1.54, 1.807) is 0 Å². The average Bonchev–Trinajstić information content (AvgIpc) is 3.18. The van der Waals surface area contributed by atoms with Gasteiger partial charge >= 0.3 is 11.9 Å². The highest BCUT2D eigenvalue weighted by Gasteiger charge is 2.71. The van der Waals surface area contributed by atoms with Gasteiger partial charge in [-0.15, -0.1) is 0 Å². The Labute approximate surface area is 194 Å². The second-order valence-corrected chi connectivity index (χ2v) is 9.08. The third-order valence-electron chi connectivity index (χ3n) is 4.98. The van der Waals surface area contributed by atoms with E-state index in [9.17, 15) is 29.7 Å². The van der Waals surface area contributed by atoms with Gasteiger partial charge < -0.3 is 35.3 Å². The number of imidazole rings is 1. The smallest absolute Gasteiger partial charge is 0.305 e. The maximum absolute atomic E-state index is 12.9. The van der Waals surface area contributed by atoms with Crippen LogP contribution < -0.4 is 5.73 Å². The van der Waals surface area contributed by atoms with Gasteiger partial charge in [0, 0.05) is 13.8 Å². The fraction of sp³-hybridized carbons (Fsp3) is 0.556.